The number of hydrogen-bond donors (Lipinski definition) is 3. The van der Waals surface area contributed by atoms with Gasteiger partial charge < -0.3 is 30.4 Å². The Hall–Kier alpha value is -4.03. The Morgan fingerprint density at radius 1 is 1.14 bits per heavy atom. The third-order valence-electron chi connectivity index (χ3n) is 4.73. The number of carbonyl (C=O) groups excluding carboxylic acids is 2. The quantitative estimate of drug-likeness (QED) is 0.402. The van der Waals surface area contributed by atoms with Gasteiger partial charge in [0.15, 0.2) is 11.5 Å². The Kier molecular flexibility index (Phi) is 8.22. The highest BCUT2D eigenvalue weighted by Gasteiger charge is 2.20. The molecule has 1 aromatic heterocycles. The van der Waals surface area contributed by atoms with E-state index >= 15 is 0 Å². The topological polar surface area (TPSA) is 169 Å². The Bertz CT molecular complexity index is 1290. The number of para-hydroxylation sites is 1. The number of amides is 2. The van der Waals surface area contributed by atoms with Crippen molar-refractivity contribution < 1.29 is 27.8 Å². The third-order valence-corrected chi connectivity index (χ3v) is 5.39. The van der Waals surface area contributed by atoms with Gasteiger partial charge in [0.2, 0.25) is 0 Å². The molecule has 4 N–H and O–H groups in total. The summed E-state index contributed by atoms with van der Waals surface area (Å²) in [5, 5.41) is 5.37. The van der Waals surface area contributed by atoms with Crippen molar-refractivity contribution in [2.75, 3.05) is 18.2 Å². The molecule has 12 heteroatoms. The summed E-state index contributed by atoms with van der Waals surface area (Å²) in [6.45, 7) is 5.38. The first-order chi connectivity index (χ1) is 17.0. The van der Waals surface area contributed by atoms with Crippen LogP contribution in [0, 0.1) is 0 Å². The maximum Gasteiger partial charge on any atom is 0.407 e. The number of nitrogens with two attached hydrogens (primary N) is 1. The fourth-order valence-corrected chi connectivity index (χ4v) is 3.53. The van der Waals surface area contributed by atoms with Crippen molar-refractivity contribution in [1.29, 1.82) is 0 Å². The number of nitrogens with one attached hydrogen (secondary N) is 2. The molecule has 1 atom stereocenters. The minimum absolute atomic E-state index is 0.0877. The van der Waals surface area contributed by atoms with E-state index in [2.05, 4.69) is 20.6 Å². The number of nitrogen functional groups attached to an aromatic ring is 1. The number of ether oxygens (including phenoxy) is 2. The summed E-state index contributed by atoms with van der Waals surface area (Å²) in [7, 11) is 1.44. The molecule has 190 valence electrons. The number of anilines is 2. The van der Waals surface area contributed by atoms with Crippen molar-refractivity contribution in [3.05, 3.63) is 59.9 Å². The summed E-state index contributed by atoms with van der Waals surface area (Å²) in [5.74, 6) is -0.379. The SMILES string of the molecule is COc1c(CNC(=O)OC(C)(C)C)cccc1NC(=O)c1nc(-c2ccc(S(=O)[O-])cc2)cnc1N. The van der Waals surface area contributed by atoms with Crippen LogP contribution in [0.25, 0.3) is 11.3 Å². The minimum Gasteiger partial charge on any atom is -0.768 e. The highest BCUT2D eigenvalue weighted by molar-refractivity contribution is 7.79. The number of rotatable bonds is 7. The number of alkyl carbamates (subject to hydrolysis) is 1. The van der Waals surface area contributed by atoms with Crippen molar-refractivity contribution in [1.82, 2.24) is 15.3 Å². The summed E-state index contributed by atoms with van der Waals surface area (Å²) in [6, 6.07) is 11.0. The Morgan fingerprint density at radius 2 is 1.83 bits per heavy atom. The molecule has 36 heavy (non-hydrogen) atoms. The molecule has 0 aliphatic heterocycles. The molecule has 0 fully saturated rings. The minimum atomic E-state index is -2.36. The molecular formula is C24H26N5O6S-. The number of methoxy groups -OCH3 is 1. The average molecular weight is 513 g/mol. The summed E-state index contributed by atoms with van der Waals surface area (Å²) in [5.41, 5.74) is 6.97. The van der Waals surface area contributed by atoms with Crippen molar-refractivity contribution in [2.45, 2.75) is 37.8 Å². The van der Waals surface area contributed by atoms with E-state index in [4.69, 9.17) is 15.2 Å². The lowest BCUT2D eigenvalue weighted by molar-refractivity contribution is 0.0523. The Labute approximate surface area is 210 Å². The van der Waals surface area contributed by atoms with Crippen LogP contribution < -0.4 is 21.1 Å². The van der Waals surface area contributed by atoms with Gasteiger partial charge in [0.1, 0.15) is 11.4 Å². The Morgan fingerprint density at radius 3 is 2.44 bits per heavy atom. The van der Waals surface area contributed by atoms with Gasteiger partial charge in [-0.3, -0.25) is 9.00 Å². The van der Waals surface area contributed by atoms with Crippen molar-refractivity contribution >= 4 is 34.6 Å². The van der Waals surface area contributed by atoms with E-state index in [-0.39, 0.29) is 23.0 Å². The van der Waals surface area contributed by atoms with Crippen molar-refractivity contribution in [2.24, 2.45) is 0 Å². The van der Waals surface area contributed by atoms with Crippen LogP contribution in [0.5, 0.6) is 5.75 Å². The molecule has 0 aliphatic carbocycles. The standard InChI is InChI=1S/C24H27N5O6S/c1-24(2,3)35-23(31)27-12-15-6-5-7-17(20(15)34-4)29-22(30)19-21(25)26-13-18(28-19)14-8-10-16(11-9-14)36(32)33/h5-11,13H,12H2,1-4H3,(H2,25,26)(H,27,31)(H,29,30)(H,32,33)/p-1. The highest BCUT2D eigenvalue weighted by atomic mass is 32.2. The lowest BCUT2D eigenvalue weighted by Crippen LogP contribution is -2.32. The van der Waals surface area contributed by atoms with Gasteiger partial charge in [-0.2, -0.15) is 0 Å². The average Bonchev–Trinajstić information content (AvgIpc) is 2.82. The van der Waals surface area contributed by atoms with Gasteiger partial charge in [-0.15, -0.1) is 0 Å². The molecule has 0 radical (unpaired) electrons. The third kappa shape index (κ3) is 6.77. The second-order valence-electron chi connectivity index (χ2n) is 8.56. The van der Waals surface area contributed by atoms with E-state index in [1.165, 1.54) is 25.4 Å². The first kappa shape index (κ1) is 26.6. The Balaban J connectivity index is 1.81. The summed E-state index contributed by atoms with van der Waals surface area (Å²) < 4.78 is 32.9. The number of benzene rings is 2. The molecule has 3 aromatic rings. The largest absolute Gasteiger partial charge is 0.768 e. The lowest BCUT2D eigenvalue weighted by Gasteiger charge is -2.20. The van der Waals surface area contributed by atoms with Gasteiger partial charge in [-0.1, -0.05) is 24.3 Å². The van der Waals surface area contributed by atoms with Gasteiger partial charge in [-0.25, -0.2) is 14.8 Å². The molecule has 0 bridgehead atoms. The molecule has 3 rings (SSSR count). The van der Waals surface area contributed by atoms with E-state index in [1.807, 2.05) is 0 Å². The molecule has 2 amide bonds. The number of aromatic nitrogens is 2. The zero-order valence-electron chi connectivity index (χ0n) is 20.2. The molecule has 1 heterocycles. The fraction of sp³-hybridized carbons (Fsp3) is 0.250. The zero-order chi connectivity index (χ0) is 26.5. The summed E-state index contributed by atoms with van der Waals surface area (Å²) in [6.07, 6.45) is 0.798. The second-order valence-corrected chi connectivity index (χ2v) is 9.50. The summed E-state index contributed by atoms with van der Waals surface area (Å²) >= 11 is -2.36. The molecule has 0 aliphatic rings. The van der Waals surface area contributed by atoms with E-state index in [9.17, 15) is 18.4 Å². The van der Waals surface area contributed by atoms with E-state index in [1.54, 1.807) is 51.1 Å². The van der Waals surface area contributed by atoms with Gasteiger partial charge in [0.05, 0.1) is 24.7 Å². The smallest absolute Gasteiger partial charge is 0.407 e. The molecule has 11 nitrogen and oxygen atoms in total. The molecule has 0 spiro atoms. The van der Waals surface area contributed by atoms with Gasteiger partial charge in [-0.05, 0) is 50.1 Å². The maximum atomic E-state index is 13.0. The number of hydrogen-bond acceptors (Lipinski definition) is 9. The van der Waals surface area contributed by atoms with Gasteiger partial charge in [0, 0.05) is 22.6 Å². The van der Waals surface area contributed by atoms with Crippen molar-refractivity contribution in [3.63, 3.8) is 0 Å². The second kappa shape index (κ2) is 11.1. The summed E-state index contributed by atoms with van der Waals surface area (Å²) in [4.78, 5) is 33.5. The first-order valence-corrected chi connectivity index (χ1v) is 11.8. The zero-order valence-corrected chi connectivity index (χ0v) is 21.0. The normalized spacial score (nSPS) is 11.9. The number of nitrogens with zero attached hydrogens (tertiary/aromatic N) is 2. The van der Waals surface area contributed by atoms with Crippen molar-refractivity contribution in [3.8, 4) is 17.0 Å². The van der Waals surface area contributed by atoms with Crippen LogP contribution >= 0.6 is 0 Å². The number of carbonyl (C=O) groups is 2. The van der Waals surface area contributed by atoms with Gasteiger partial charge >= 0.3 is 6.09 Å². The van der Waals surface area contributed by atoms with Crippen LogP contribution in [0.2, 0.25) is 0 Å². The lowest BCUT2D eigenvalue weighted by atomic mass is 10.1. The van der Waals surface area contributed by atoms with E-state index in [0.29, 0.717) is 28.3 Å². The monoisotopic (exact) mass is 512 g/mol. The first-order valence-electron chi connectivity index (χ1n) is 10.7. The maximum absolute atomic E-state index is 13.0. The predicted molar refractivity (Wildman–Crippen MR) is 133 cm³/mol. The molecule has 0 saturated carbocycles. The molecule has 2 aromatic carbocycles. The van der Waals surface area contributed by atoms with E-state index < -0.39 is 28.7 Å². The fourth-order valence-electron chi connectivity index (χ4n) is 3.17. The van der Waals surface area contributed by atoms with Gasteiger partial charge in [0.25, 0.3) is 5.91 Å². The van der Waals surface area contributed by atoms with Crippen LogP contribution in [0.1, 0.15) is 36.8 Å². The van der Waals surface area contributed by atoms with Crippen LogP contribution in [-0.4, -0.2) is 43.4 Å². The molecular weight excluding hydrogens is 486 g/mol. The van der Waals surface area contributed by atoms with Crippen LogP contribution in [-0.2, 0) is 22.4 Å². The highest BCUT2D eigenvalue weighted by Crippen LogP contribution is 2.30. The predicted octanol–water partition coefficient (Wildman–Crippen LogP) is 3.25. The van der Waals surface area contributed by atoms with Crippen LogP contribution in [0.3, 0.4) is 0 Å². The van der Waals surface area contributed by atoms with E-state index in [0.717, 1.165) is 0 Å². The van der Waals surface area contributed by atoms with Crippen LogP contribution in [0.4, 0.5) is 16.3 Å². The van der Waals surface area contributed by atoms with Crippen LogP contribution in [0.15, 0.2) is 53.6 Å². The molecule has 1 unspecified atom stereocenters. The molecule has 0 saturated heterocycles.